The Bertz CT molecular complexity index is 269. The summed E-state index contributed by atoms with van der Waals surface area (Å²) in [4.78, 5) is 26.4. The lowest BCUT2D eigenvalue weighted by atomic mass is 10.2. The summed E-state index contributed by atoms with van der Waals surface area (Å²) in [5.41, 5.74) is 0. The minimum absolute atomic E-state index is 0.300. The molecule has 0 bridgehead atoms. The average molecular weight is 259 g/mol. The molecular formula is C12H25N3O3. The summed E-state index contributed by atoms with van der Waals surface area (Å²) in [6, 6.07) is -1.11. The van der Waals surface area contributed by atoms with Gasteiger partial charge in [-0.2, -0.15) is 0 Å². The minimum atomic E-state index is -0.991. The van der Waals surface area contributed by atoms with E-state index < -0.39 is 12.0 Å². The fourth-order valence-electron chi connectivity index (χ4n) is 1.56. The number of aliphatic carboxylic acids is 1. The molecule has 106 valence electrons. The quantitative estimate of drug-likeness (QED) is 0.677. The van der Waals surface area contributed by atoms with Crippen LogP contribution >= 0.6 is 0 Å². The van der Waals surface area contributed by atoms with Crippen molar-refractivity contribution in [2.75, 3.05) is 33.7 Å². The second-order valence-corrected chi connectivity index (χ2v) is 4.49. The number of urea groups is 1. The van der Waals surface area contributed by atoms with Crippen LogP contribution in [0.2, 0.25) is 0 Å². The van der Waals surface area contributed by atoms with Crippen LogP contribution in [0.5, 0.6) is 0 Å². The minimum Gasteiger partial charge on any atom is -0.480 e. The maximum Gasteiger partial charge on any atom is 0.326 e. The Morgan fingerprint density at radius 2 is 1.83 bits per heavy atom. The van der Waals surface area contributed by atoms with Crippen molar-refractivity contribution >= 4 is 12.0 Å². The Kier molecular flexibility index (Phi) is 8.11. The highest BCUT2D eigenvalue weighted by molar-refractivity contribution is 5.82. The van der Waals surface area contributed by atoms with Crippen LogP contribution in [0.1, 0.15) is 26.7 Å². The fourth-order valence-corrected chi connectivity index (χ4v) is 1.56. The van der Waals surface area contributed by atoms with Crippen molar-refractivity contribution in [3.63, 3.8) is 0 Å². The first kappa shape index (κ1) is 16.7. The Labute approximate surface area is 109 Å². The van der Waals surface area contributed by atoms with Crippen LogP contribution < -0.4 is 5.32 Å². The number of nitrogens with one attached hydrogen (secondary N) is 1. The van der Waals surface area contributed by atoms with E-state index in [0.717, 1.165) is 13.0 Å². The molecule has 0 radical (unpaired) electrons. The van der Waals surface area contributed by atoms with E-state index in [9.17, 15) is 9.59 Å². The molecule has 0 aliphatic carbocycles. The van der Waals surface area contributed by atoms with Gasteiger partial charge in [0.2, 0.25) is 0 Å². The molecule has 0 aromatic rings. The summed E-state index contributed by atoms with van der Waals surface area (Å²) in [5.74, 6) is -0.991. The van der Waals surface area contributed by atoms with Gasteiger partial charge in [0.05, 0.1) is 0 Å². The van der Waals surface area contributed by atoms with Crippen LogP contribution in [0, 0.1) is 0 Å². The van der Waals surface area contributed by atoms with Gasteiger partial charge in [-0.15, -0.1) is 0 Å². The molecule has 1 atom stereocenters. The highest BCUT2D eigenvalue weighted by atomic mass is 16.4. The molecule has 0 aromatic heterocycles. The lowest BCUT2D eigenvalue weighted by Crippen LogP contribution is -2.48. The van der Waals surface area contributed by atoms with Gasteiger partial charge in [-0.25, -0.2) is 9.59 Å². The molecule has 0 spiro atoms. The number of hydrogen-bond donors (Lipinski definition) is 2. The van der Waals surface area contributed by atoms with Gasteiger partial charge >= 0.3 is 12.0 Å². The summed E-state index contributed by atoms with van der Waals surface area (Å²) in [5, 5.41) is 11.4. The monoisotopic (exact) mass is 259 g/mol. The molecule has 18 heavy (non-hydrogen) atoms. The number of carbonyl (C=O) groups is 2. The third-order valence-corrected chi connectivity index (χ3v) is 2.71. The highest BCUT2D eigenvalue weighted by Gasteiger charge is 2.20. The maximum atomic E-state index is 11.9. The van der Waals surface area contributed by atoms with Gasteiger partial charge in [-0.1, -0.05) is 6.92 Å². The average Bonchev–Trinajstić information content (AvgIpc) is 2.30. The number of rotatable bonds is 8. The van der Waals surface area contributed by atoms with Crippen LogP contribution in [-0.4, -0.2) is 66.7 Å². The zero-order valence-corrected chi connectivity index (χ0v) is 11.8. The first-order valence-corrected chi connectivity index (χ1v) is 6.35. The molecule has 1 unspecified atom stereocenters. The Balaban J connectivity index is 4.21. The van der Waals surface area contributed by atoms with Crippen LogP contribution in [0.15, 0.2) is 0 Å². The van der Waals surface area contributed by atoms with Gasteiger partial charge in [0.1, 0.15) is 6.04 Å². The van der Waals surface area contributed by atoms with E-state index in [-0.39, 0.29) is 6.03 Å². The van der Waals surface area contributed by atoms with Gasteiger partial charge in [-0.05, 0) is 40.4 Å². The summed E-state index contributed by atoms with van der Waals surface area (Å²) in [6.45, 7) is 5.74. The number of carboxylic acids is 1. The highest BCUT2D eigenvalue weighted by Crippen LogP contribution is 1.97. The predicted molar refractivity (Wildman–Crippen MR) is 70.7 cm³/mol. The summed E-state index contributed by atoms with van der Waals surface area (Å²) >= 11 is 0. The second kappa shape index (κ2) is 8.74. The summed E-state index contributed by atoms with van der Waals surface area (Å²) in [7, 11) is 3.96. The molecule has 0 aliphatic rings. The standard InChI is InChI=1S/C12H25N3O3/c1-5-10(11(16)17)13-12(18)15(6-2)9-7-8-14(3)4/h10H,5-9H2,1-4H3,(H,13,18)(H,16,17). The van der Waals surface area contributed by atoms with E-state index >= 15 is 0 Å². The molecule has 0 fully saturated rings. The van der Waals surface area contributed by atoms with Crippen molar-refractivity contribution in [2.45, 2.75) is 32.7 Å². The van der Waals surface area contributed by atoms with Crippen molar-refractivity contribution in [2.24, 2.45) is 0 Å². The van der Waals surface area contributed by atoms with Crippen molar-refractivity contribution in [1.82, 2.24) is 15.1 Å². The first-order valence-electron chi connectivity index (χ1n) is 6.35. The molecule has 6 heteroatoms. The number of carboxylic acid groups (broad SMARTS) is 1. The lowest BCUT2D eigenvalue weighted by molar-refractivity contribution is -0.139. The molecule has 6 nitrogen and oxygen atoms in total. The number of nitrogens with zero attached hydrogens (tertiary/aromatic N) is 2. The van der Waals surface area contributed by atoms with E-state index in [1.54, 1.807) is 11.8 Å². The van der Waals surface area contributed by atoms with Gasteiger partial charge in [0.25, 0.3) is 0 Å². The molecule has 2 amide bonds. The molecule has 0 saturated carbocycles. The molecule has 0 heterocycles. The molecule has 0 saturated heterocycles. The fraction of sp³-hybridized carbons (Fsp3) is 0.833. The molecule has 0 aromatic carbocycles. The number of amides is 2. The topological polar surface area (TPSA) is 72.9 Å². The van der Waals surface area contributed by atoms with Crippen molar-refractivity contribution in [3.8, 4) is 0 Å². The second-order valence-electron chi connectivity index (χ2n) is 4.49. The van der Waals surface area contributed by atoms with E-state index in [4.69, 9.17) is 5.11 Å². The normalized spacial score (nSPS) is 12.3. The van der Waals surface area contributed by atoms with Gasteiger partial charge in [-0.3, -0.25) is 0 Å². The third kappa shape index (κ3) is 6.44. The van der Waals surface area contributed by atoms with Gasteiger partial charge < -0.3 is 20.2 Å². The number of hydrogen-bond acceptors (Lipinski definition) is 3. The van der Waals surface area contributed by atoms with E-state index in [2.05, 4.69) is 10.2 Å². The van der Waals surface area contributed by atoms with Gasteiger partial charge in [0.15, 0.2) is 0 Å². The first-order chi connectivity index (χ1) is 8.42. The Morgan fingerprint density at radius 1 is 1.22 bits per heavy atom. The molecule has 0 aliphatic heterocycles. The van der Waals surface area contributed by atoms with Crippen LogP contribution in [0.3, 0.4) is 0 Å². The van der Waals surface area contributed by atoms with Crippen LogP contribution in [0.4, 0.5) is 4.79 Å². The largest absolute Gasteiger partial charge is 0.480 e. The van der Waals surface area contributed by atoms with E-state index in [1.807, 2.05) is 21.0 Å². The van der Waals surface area contributed by atoms with Crippen LogP contribution in [0.25, 0.3) is 0 Å². The van der Waals surface area contributed by atoms with Gasteiger partial charge in [0, 0.05) is 13.1 Å². The molecule has 2 N–H and O–H groups in total. The zero-order valence-electron chi connectivity index (χ0n) is 11.8. The SMILES string of the molecule is CCC(NC(=O)N(CC)CCCN(C)C)C(=O)O. The third-order valence-electron chi connectivity index (χ3n) is 2.71. The van der Waals surface area contributed by atoms with Crippen LogP contribution in [-0.2, 0) is 4.79 Å². The number of carbonyl (C=O) groups excluding carboxylic acids is 1. The van der Waals surface area contributed by atoms with Crippen molar-refractivity contribution < 1.29 is 14.7 Å². The lowest BCUT2D eigenvalue weighted by Gasteiger charge is -2.24. The smallest absolute Gasteiger partial charge is 0.326 e. The zero-order chi connectivity index (χ0) is 14.1. The van der Waals surface area contributed by atoms with Crippen molar-refractivity contribution in [1.29, 1.82) is 0 Å². The Morgan fingerprint density at radius 3 is 2.22 bits per heavy atom. The van der Waals surface area contributed by atoms with E-state index in [0.29, 0.717) is 19.5 Å². The van der Waals surface area contributed by atoms with Crippen molar-refractivity contribution in [3.05, 3.63) is 0 Å². The van der Waals surface area contributed by atoms with E-state index in [1.165, 1.54) is 0 Å². The summed E-state index contributed by atoms with van der Waals surface area (Å²) in [6.07, 6.45) is 1.26. The predicted octanol–water partition coefficient (Wildman–Crippen LogP) is 0.833. The Hall–Kier alpha value is -1.30. The summed E-state index contributed by atoms with van der Waals surface area (Å²) < 4.78 is 0. The molecular weight excluding hydrogens is 234 g/mol. The maximum absolute atomic E-state index is 11.9. The molecule has 0 rings (SSSR count).